The average Bonchev–Trinajstić information content (AvgIpc) is 2.47. The van der Waals surface area contributed by atoms with Crippen LogP contribution in [0.1, 0.15) is 25.3 Å². The number of hydrazone groups is 1. The topological polar surface area (TPSA) is 54.9 Å². The van der Waals surface area contributed by atoms with Crippen molar-refractivity contribution in [3.05, 3.63) is 23.8 Å². The van der Waals surface area contributed by atoms with Gasteiger partial charge in [0.25, 0.3) is 0 Å². The van der Waals surface area contributed by atoms with Gasteiger partial charge in [-0.1, -0.05) is 13.3 Å². The quantitative estimate of drug-likeness (QED) is 0.350. The van der Waals surface area contributed by atoms with E-state index in [0.717, 1.165) is 36.4 Å². The molecule has 0 aliphatic heterocycles. The molecule has 0 unspecified atom stereocenters. The van der Waals surface area contributed by atoms with Crippen molar-refractivity contribution in [2.45, 2.75) is 19.8 Å². The number of ether oxygens (including phenoxy) is 2. The highest BCUT2D eigenvalue weighted by Crippen LogP contribution is 2.21. The van der Waals surface area contributed by atoms with Gasteiger partial charge in [0.15, 0.2) is 5.11 Å². The maximum Gasteiger partial charge on any atom is 0.186 e. The summed E-state index contributed by atoms with van der Waals surface area (Å²) in [7, 11) is 3.22. The predicted octanol–water partition coefficient (Wildman–Crippen LogP) is 2.30. The van der Waals surface area contributed by atoms with Crippen LogP contribution < -0.4 is 20.2 Å². The second-order valence-electron chi connectivity index (χ2n) is 4.13. The maximum absolute atomic E-state index is 5.19. The molecule has 110 valence electrons. The lowest BCUT2D eigenvalue weighted by molar-refractivity contribution is 0.394. The molecule has 0 fully saturated rings. The zero-order chi connectivity index (χ0) is 14.8. The van der Waals surface area contributed by atoms with Gasteiger partial charge in [-0.3, -0.25) is 5.43 Å². The molecule has 0 radical (unpaired) electrons. The van der Waals surface area contributed by atoms with Crippen molar-refractivity contribution >= 4 is 23.5 Å². The van der Waals surface area contributed by atoms with Crippen LogP contribution in [0.25, 0.3) is 0 Å². The normalized spacial score (nSPS) is 10.3. The molecule has 6 heteroatoms. The zero-order valence-electron chi connectivity index (χ0n) is 12.1. The van der Waals surface area contributed by atoms with Crippen molar-refractivity contribution < 1.29 is 9.47 Å². The molecule has 2 N–H and O–H groups in total. The molecule has 1 aromatic rings. The van der Waals surface area contributed by atoms with Crippen LogP contribution in [0.5, 0.6) is 11.5 Å². The molecule has 20 heavy (non-hydrogen) atoms. The van der Waals surface area contributed by atoms with Crippen LogP contribution in [0.3, 0.4) is 0 Å². The van der Waals surface area contributed by atoms with Crippen LogP contribution >= 0.6 is 12.2 Å². The van der Waals surface area contributed by atoms with E-state index in [-0.39, 0.29) is 0 Å². The minimum Gasteiger partial charge on any atom is -0.497 e. The number of nitrogens with zero attached hydrogens (tertiary/aromatic N) is 1. The molecular formula is C14H21N3O2S. The Labute approximate surface area is 125 Å². The molecule has 0 spiro atoms. The summed E-state index contributed by atoms with van der Waals surface area (Å²) < 4.78 is 10.4. The Morgan fingerprint density at radius 2 is 1.90 bits per heavy atom. The van der Waals surface area contributed by atoms with E-state index in [1.54, 1.807) is 20.4 Å². The van der Waals surface area contributed by atoms with Gasteiger partial charge in [0.05, 0.1) is 20.4 Å². The van der Waals surface area contributed by atoms with Crippen molar-refractivity contribution in [3.8, 4) is 11.5 Å². The number of thiocarbonyl (C=S) groups is 1. The summed E-state index contributed by atoms with van der Waals surface area (Å²) in [6, 6.07) is 5.53. The number of unbranched alkanes of at least 4 members (excludes halogenated alkanes) is 1. The summed E-state index contributed by atoms with van der Waals surface area (Å²) in [6.07, 6.45) is 3.87. The minimum atomic E-state index is 0.518. The van der Waals surface area contributed by atoms with Crippen LogP contribution in [0, 0.1) is 0 Å². The van der Waals surface area contributed by atoms with Gasteiger partial charge in [-0.05, 0) is 30.8 Å². The fourth-order valence-corrected chi connectivity index (χ4v) is 1.64. The fourth-order valence-electron chi connectivity index (χ4n) is 1.49. The van der Waals surface area contributed by atoms with Crippen LogP contribution in [0.2, 0.25) is 0 Å². The van der Waals surface area contributed by atoms with Crippen molar-refractivity contribution in [1.29, 1.82) is 0 Å². The summed E-state index contributed by atoms with van der Waals surface area (Å²) >= 11 is 5.09. The number of nitrogens with one attached hydrogen (secondary N) is 2. The third kappa shape index (κ3) is 5.88. The van der Waals surface area contributed by atoms with E-state index < -0.39 is 0 Å². The summed E-state index contributed by atoms with van der Waals surface area (Å²) in [5, 5.41) is 7.67. The number of rotatable bonds is 7. The van der Waals surface area contributed by atoms with Crippen molar-refractivity contribution in [2.75, 3.05) is 20.8 Å². The van der Waals surface area contributed by atoms with Gasteiger partial charge in [0, 0.05) is 18.2 Å². The monoisotopic (exact) mass is 295 g/mol. The van der Waals surface area contributed by atoms with Crippen LogP contribution in [-0.4, -0.2) is 32.1 Å². The molecule has 0 aromatic heterocycles. The van der Waals surface area contributed by atoms with E-state index in [0.29, 0.717) is 5.11 Å². The first-order valence-corrected chi connectivity index (χ1v) is 6.90. The van der Waals surface area contributed by atoms with E-state index in [4.69, 9.17) is 21.7 Å². The van der Waals surface area contributed by atoms with E-state index >= 15 is 0 Å². The van der Waals surface area contributed by atoms with Gasteiger partial charge >= 0.3 is 0 Å². The van der Waals surface area contributed by atoms with Gasteiger partial charge in [-0.2, -0.15) is 5.10 Å². The number of hydrogen-bond acceptors (Lipinski definition) is 4. The molecule has 0 atom stereocenters. The Morgan fingerprint density at radius 1 is 1.25 bits per heavy atom. The summed E-state index contributed by atoms with van der Waals surface area (Å²) in [4.78, 5) is 0. The van der Waals surface area contributed by atoms with Crippen molar-refractivity contribution in [3.63, 3.8) is 0 Å². The maximum atomic E-state index is 5.19. The Bertz CT molecular complexity index is 441. The molecule has 0 aliphatic carbocycles. The Hall–Kier alpha value is -1.82. The molecule has 0 heterocycles. The lowest BCUT2D eigenvalue weighted by Gasteiger charge is -2.07. The van der Waals surface area contributed by atoms with E-state index in [9.17, 15) is 0 Å². The Morgan fingerprint density at radius 3 is 2.45 bits per heavy atom. The molecular weight excluding hydrogens is 274 g/mol. The summed E-state index contributed by atoms with van der Waals surface area (Å²) in [5.74, 6) is 1.43. The predicted molar refractivity (Wildman–Crippen MR) is 85.8 cm³/mol. The Balaban J connectivity index is 2.54. The van der Waals surface area contributed by atoms with Gasteiger partial charge < -0.3 is 14.8 Å². The standard InChI is InChI=1S/C14H21N3O2S/c1-4-5-6-15-14(20)17-16-10-11-7-12(18-2)9-13(8-11)19-3/h7-10H,4-6H2,1-3H3,(H2,15,17,20)/b16-10-. The van der Waals surface area contributed by atoms with Crippen molar-refractivity contribution in [2.24, 2.45) is 5.10 Å². The number of hydrogen-bond donors (Lipinski definition) is 2. The second kappa shape index (κ2) is 9.14. The average molecular weight is 295 g/mol. The zero-order valence-corrected chi connectivity index (χ0v) is 12.9. The minimum absolute atomic E-state index is 0.518. The van der Waals surface area contributed by atoms with Crippen LogP contribution in [0.4, 0.5) is 0 Å². The van der Waals surface area contributed by atoms with E-state index in [2.05, 4.69) is 22.8 Å². The van der Waals surface area contributed by atoms with Gasteiger partial charge in [-0.15, -0.1) is 0 Å². The fraction of sp³-hybridized carbons (Fsp3) is 0.429. The number of benzene rings is 1. The molecule has 1 rings (SSSR count). The highest BCUT2D eigenvalue weighted by atomic mass is 32.1. The molecule has 0 saturated carbocycles. The smallest absolute Gasteiger partial charge is 0.186 e. The third-order valence-corrected chi connectivity index (χ3v) is 2.81. The molecule has 0 bridgehead atoms. The molecule has 0 amide bonds. The highest BCUT2D eigenvalue weighted by Gasteiger charge is 1.99. The molecule has 1 aromatic carbocycles. The first-order valence-electron chi connectivity index (χ1n) is 6.49. The summed E-state index contributed by atoms with van der Waals surface area (Å²) in [5.41, 5.74) is 3.64. The highest BCUT2D eigenvalue weighted by molar-refractivity contribution is 7.80. The lowest BCUT2D eigenvalue weighted by Crippen LogP contribution is -2.32. The number of methoxy groups -OCH3 is 2. The lowest BCUT2D eigenvalue weighted by atomic mass is 10.2. The largest absolute Gasteiger partial charge is 0.497 e. The van der Waals surface area contributed by atoms with Gasteiger partial charge in [0.1, 0.15) is 11.5 Å². The molecule has 0 aliphatic rings. The summed E-state index contributed by atoms with van der Waals surface area (Å²) in [6.45, 7) is 2.98. The molecule has 0 saturated heterocycles. The SMILES string of the molecule is CCCCNC(=S)N/N=C\c1cc(OC)cc(OC)c1. The van der Waals surface area contributed by atoms with E-state index in [1.165, 1.54) is 0 Å². The Kier molecular flexibility index (Phi) is 7.42. The van der Waals surface area contributed by atoms with Gasteiger partial charge in [0.2, 0.25) is 0 Å². The third-order valence-electron chi connectivity index (χ3n) is 2.57. The van der Waals surface area contributed by atoms with Crippen molar-refractivity contribution in [1.82, 2.24) is 10.7 Å². The van der Waals surface area contributed by atoms with Crippen LogP contribution in [0.15, 0.2) is 23.3 Å². The van der Waals surface area contributed by atoms with Gasteiger partial charge in [-0.25, -0.2) is 0 Å². The first kappa shape index (κ1) is 16.2. The first-order chi connectivity index (χ1) is 9.69. The molecule has 5 nitrogen and oxygen atoms in total. The second-order valence-corrected chi connectivity index (χ2v) is 4.53. The van der Waals surface area contributed by atoms with Crippen LogP contribution in [-0.2, 0) is 0 Å². The van der Waals surface area contributed by atoms with E-state index in [1.807, 2.05) is 18.2 Å².